The zero-order valence-corrected chi connectivity index (χ0v) is 8.20. The molecular weight excluding hydrogens is 249 g/mol. The van der Waals surface area contributed by atoms with Crippen molar-refractivity contribution in [2.45, 2.75) is 13.1 Å². The lowest BCUT2D eigenvalue weighted by molar-refractivity contribution is -0.141. The largest absolute Gasteiger partial charge is 0.433 e. The number of nitrogen functional groups attached to an aromatic ring is 1. The summed E-state index contributed by atoms with van der Waals surface area (Å²) in [6, 6.07) is 0.945. The molecule has 1 heterocycles. The Bertz CT molecular complexity index is 312. The summed E-state index contributed by atoms with van der Waals surface area (Å²) in [5.41, 5.74) is 4.71. The van der Waals surface area contributed by atoms with Crippen molar-refractivity contribution < 1.29 is 13.2 Å². The van der Waals surface area contributed by atoms with Crippen molar-refractivity contribution in [3.05, 3.63) is 21.8 Å². The van der Waals surface area contributed by atoms with E-state index in [1.54, 1.807) is 0 Å². The third-order valence-electron chi connectivity index (χ3n) is 1.46. The summed E-state index contributed by atoms with van der Waals surface area (Å²) < 4.78 is 36.8. The highest BCUT2D eigenvalue weighted by atomic mass is 79.9. The smallest absolute Gasteiger partial charge is 0.383 e. The molecule has 0 aromatic carbocycles. The van der Waals surface area contributed by atoms with Crippen molar-refractivity contribution >= 4 is 21.7 Å². The van der Waals surface area contributed by atoms with Crippen LogP contribution in [0.5, 0.6) is 0 Å². The van der Waals surface area contributed by atoms with Gasteiger partial charge < -0.3 is 5.73 Å². The first-order valence-corrected chi connectivity index (χ1v) is 4.11. The van der Waals surface area contributed by atoms with Gasteiger partial charge in [-0.2, -0.15) is 13.2 Å². The van der Waals surface area contributed by atoms with Crippen LogP contribution in [-0.4, -0.2) is 4.98 Å². The average molecular weight is 255 g/mol. The number of alkyl halides is 3. The molecule has 0 amide bonds. The Labute approximate surface area is 81.1 Å². The standard InChI is InChI=1S/C7H6BrF3N2/c1-3-2-4(7(9,10)11)13-6(12)5(3)8/h2H,1H3,(H2,12,13). The Hall–Kier alpha value is -0.780. The molecule has 0 radical (unpaired) electrons. The second kappa shape index (κ2) is 3.17. The van der Waals surface area contributed by atoms with Crippen LogP contribution >= 0.6 is 15.9 Å². The van der Waals surface area contributed by atoms with Crippen LogP contribution in [0.2, 0.25) is 0 Å². The van der Waals surface area contributed by atoms with Crippen LogP contribution in [0.25, 0.3) is 0 Å². The van der Waals surface area contributed by atoms with Crippen molar-refractivity contribution in [3.8, 4) is 0 Å². The minimum absolute atomic E-state index is 0.146. The molecule has 2 N–H and O–H groups in total. The molecule has 0 aliphatic carbocycles. The summed E-state index contributed by atoms with van der Waals surface area (Å²) in [6.45, 7) is 1.53. The number of rotatable bonds is 0. The molecule has 0 aliphatic rings. The van der Waals surface area contributed by atoms with Crippen LogP contribution in [0.3, 0.4) is 0 Å². The minimum atomic E-state index is -4.44. The summed E-state index contributed by atoms with van der Waals surface area (Å²) in [7, 11) is 0. The van der Waals surface area contributed by atoms with Gasteiger partial charge in [-0.1, -0.05) is 0 Å². The molecule has 1 rings (SSSR count). The Morgan fingerprint density at radius 3 is 2.38 bits per heavy atom. The third kappa shape index (κ3) is 2.12. The maximum atomic E-state index is 12.1. The van der Waals surface area contributed by atoms with E-state index in [-0.39, 0.29) is 5.82 Å². The summed E-state index contributed by atoms with van der Waals surface area (Å²) >= 11 is 3.03. The van der Waals surface area contributed by atoms with Gasteiger partial charge in [-0.05, 0) is 34.5 Å². The van der Waals surface area contributed by atoms with Gasteiger partial charge in [0, 0.05) is 0 Å². The summed E-state index contributed by atoms with van der Waals surface area (Å²) in [5, 5.41) is 0. The molecule has 1 aromatic heterocycles. The fourth-order valence-corrected chi connectivity index (χ4v) is 1.03. The third-order valence-corrected chi connectivity index (χ3v) is 2.49. The Morgan fingerprint density at radius 2 is 2.00 bits per heavy atom. The van der Waals surface area contributed by atoms with E-state index in [0.29, 0.717) is 10.0 Å². The molecule has 0 unspecified atom stereocenters. The highest BCUT2D eigenvalue weighted by Gasteiger charge is 2.33. The molecule has 1 aromatic rings. The van der Waals surface area contributed by atoms with Gasteiger partial charge in [0.15, 0.2) is 0 Å². The van der Waals surface area contributed by atoms with Gasteiger partial charge in [0.1, 0.15) is 11.5 Å². The van der Waals surface area contributed by atoms with Gasteiger partial charge in [-0.15, -0.1) is 0 Å². The van der Waals surface area contributed by atoms with Crippen LogP contribution in [0.1, 0.15) is 11.3 Å². The van der Waals surface area contributed by atoms with E-state index < -0.39 is 11.9 Å². The lowest BCUT2D eigenvalue weighted by Gasteiger charge is -2.09. The molecule has 0 aliphatic heterocycles. The van der Waals surface area contributed by atoms with Gasteiger partial charge in [-0.3, -0.25) is 0 Å². The normalized spacial score (nSPS) is 11.8. The molecule has 0 atom stereocenters. The van der Waals surface area contributed by atoms with E-state index in [2.05, 4.69) is 20.9 Å². The number of aryl methyl sites for hydroxylation is 1. The van der Waals surface area contributed by atoms with Crippen LogP contribution in [0, 0.1) is 6.92 Å². The fraction of sp³-hybridized carbons (Fsp3) is 0.286. The van der Waals surface area contributed by atoms with E-state index in [0.717, 1.165) is 6.07 Å². The van der Waals surface area contributed by atoms with Gasteiger partial charge in [0.25, 0.3) is 0 Å². The van der Waals surface area contributed by atoms with Crippen molar-refractivity contribution in [1.82, 2.24) is 4.98 Å². The zero-order chi connectivity index (χ0) is 10.2. The number of nitrogens with zero attached hydrogens (tertiary/aromatic N) is 1. The number of hydrogen-bond acceptors (Lipinski definition) is 2. The minimum Gasteiger partial charge on any atom is -0.383 e. The first-order valence-electron chi connectivity index (χ1n) is 3.32. The maximum absolute atomic E-state index is 12.1. The predicted octanol–water partition coefficient (Wildman–Crippen LogP) is 2.75. The van der Waals surface area contributed by atoms with E-state index in [9.17, 15) is 13.2 Å². The number of anilines is 1. The molecular formula is C7H6BrF3N2. The number of halogens is 4. The number of nitrogens with two attached hydrogens (primary N) is 1. The number of pyridine rings is 1. The van der Waals surface area contributed by atoms with E-state index >= 15 is 0 Å². The van der Waals surface area contributed by atoms with Gasteiger partial charge in [-0.25, -0.2) is 4.98 Å². The molecule has 0 bridgehead atoms. The molecule has 0 saturated carbocycles. The van der Waals surface area contributed by atoms with Gasteiger partial charge >= 0.3 is 6.18 Å². The molecule has 2 nitrogen and oxygen atoms in total. The Balaban J connectivity index is 3.29. The zero-order valence-electron chi connectivity index (χ0n) is 6.61. The van der Waals surface area contributed by atoms with Gasteiger partial charge in [0.2, 0.25) is 0 Å². The predicted molar refractivity (Wildman–Crippen MR) is 46.1 cm³/mol. The molecule has 0 saturated heterocycles. The van der Waals surface area contributed by atoms with Crippen molar-refractivity contribution in [2.75, 3.05) is 5.73 Å². The highest BCUT2D eigenvalue weighted by Crippen LogP contribution is 2.32. The Morgan fingerprint density at radius 1 is 1.46 bits per heavy atom. The average Bonchev–Trinajstić information content (AvgIpc) is 1.97. The summed E-state index contributed by atoms with van der Waals surface area (Å²) in [6.07, 6.45) is -4.44. The topological polar surface area (TPSA) is 38.9 Å². The van der Waals surface area contributed by atoms with Crippen molar-refractivity contribution in [1.29, 1.82) is 0 Å². The van der Waals surface area contributed by atoms with Crippen LogP contribution in [0.15, 0.2) is 10.5 Å². The molecule has 13 heavy (non-hydrogen) atoms. The fourth-order valence-electron chi connectivity index (χ4n) is 0.827. The van der Waals surface area contributed by atoms with Crippen molar-refractivity contribution in [3.63, 3.8) is 0 Å². The molecule has 6 heteroatoms. The summed E-state index contributed by atoms with van der Waals surface area (Å²) in [4.78, 5) is 3.21. The lowest BCUT2D eigenvalue weighted by atomic mass is 10.2. The van der Waals surface area contributed by atoms with Crippen LogP contribution < -0.4 is 5.73 Å². The molecule has 0 spiro atoms. The van der Waals surface area contributed by atoms with E-state index in [1.165, 1.54) is 6.92 Å². The monoisotopic (exact) mass is 254 g/mol. The SMILES string of the molecule is Cc1cc(C(F)(F)F)nc(N)c1Br. The van der Waals surface area contributed by atoms with Gasteiger partial charge in [0.05, 0.1) is 4.47 Å². The van der Waals surface area contributed by atoms with Crippen molar-refractivity contribution in [2.24, 2.45) is 0 Å². The maximum Gasteiger partial charge on any atom is 0.433 e. The van der Waals surface area contributed by atoms with E-state index in [4.69, 9.17) is 5.73 Å². The Kier molecular flexibility index (Phi) is 2.51. The molecule has 72 valence electrons. The van der Waals surface area contributed by atoms with Crippen LogP contribution in [0.4, 0.5) is 19.0 Å². The van der Waals surface area contributed by atoms with Crippen LogP contribution in [-0.2, 0) is 6.18 Å². The quantitative estimate of drug-likeness (QED) is 0.774. The first-order chi connectivity index (χ1) is 5.82. The highest BCUT2D eigenvalue weighted by molar-refractivity contribution is 9.10. The second-order valence-corrected chi connectivity index (χ2v) is 3.31. The second-order valence-electron chi connectivity index (χ2n) is 2.52. The molecule has 0 fully saturated rings. The number of hydrogen-bond donors (Lipinski definition) is 1. The lowest BCUT2D eigenvalue weighted by Crippen LogP contribution is -2.10. The first kappa shape index (κ1) is 10.3. The number of aromatic nitrogens is 1. The summed E-state index contributed by atoms with van der Waals surface area (Å²) in [5.74, 6) is -0.146. The van der Waals surface area contributed by atoms with E-state index in [1.807, 2.05) is 0 Å².